The normalized spacial score (nSPS) is 12.9. The number of rotatable bonds is 8. The lowest BCUT2D eigenvalue weighted by Crippen LogP contribution is -2.29. The Bertz CT molecular complexity index is 879. The molecule has 1 heterocycles. The van der Waals surface area contributed by atoms with Crippen LogP contribution in [0.5, 0.6) is 0 Å². The summed E-state index contributed by atoms with van der Waals surface area (Å²) in [5.74, 6) is -1.18. The van der Waals surface area contributed by atoms with Crippen molar-refractivity contribution < 1.29 is 19.1 Å². The molecule has 0 saturated carbocycles. The molecule has 0 aliphatic carbocycles. The Balaban J connectivity index is 1.64. The minimum absolute atomic E-state index is 0.235. The third kappa shape index (κ3) is 3.91. The Morgan fingerprint density at radius 3 is 2.36 bits per heavy atom. The first kappa shape index (κ1) is 19.6. The van der Waals surface area contributed by atoms with Crippen LogP contribution in [0.25, 0.3) is 0 Å². The van der Waals surface area contributed by atoms with E-state index >= 15 is 0 Å². The highest BCUT2D eigenvalue weighted by Crippen LogP contribution is 2.24. The predicted molar refractivity (Wildman–Crippen MR) is 107 cm³/mol. The number of fused-ring (bicyclic) bond motifs is 1. The lowest BCUT2D eigenvalue weighted by atomic mass is 10.1. The van der Waals surface area contributed by atoms with Gasteiger partial charge in [-0.05, 0) is 43.7 Å². The molecule has 0 unspecified atom stereocenters. The Labute approximate surface area is 164 Å². The third-order valence-corrected chi connectivity index (χ3v) is 4.73. The highest BCUT2D eigenvalue weighted by molar-refractivity contribution is 6.21. The van der Waals surface area contributed by atoms with Crippen LogP contribution in [-0.4, -0.2) is 48.9 Å². The Morgan fingerprint density at radius 2 is 1.68 bits per heavy atom. The number of benzene rings is 2. The number of nitrogens with zero attached hydrogens (tertiary/aromatic N) is 2. The Hall–Kier alpha value is -3.15. The fraction of sp³-hybridized carbons (Fsp3) is 0.318. The molecular formula is C22H24N2O4. The van der Waals surface area contributed by atoms with Gasteiger partial charge in [0.1, 0.15) is 6.61 Å². The molecule has 1 aliphatic rings. The quantitative estimate of drug-likeness (QED) is 0.519. The minimum Gasteiger partial charge on any atom is -0.460 e. The van der Waals surface area contributed by atoms with Crippen LogP contribution in [0, 0.1) is 0 Å². The molecule has 3 rings (SSSR count). The van der Waals surface area contributed by atoms with E-state index in [1.807, 2.05) is 30.3 Å². The molecule has 0 fully saturated rings. The molecule has 2 amide bonds. The van der Waals surface area contributed by atoms with E-state index in [0.29, 0.717) is 18.7 Å². The molecule has 0 spiro atoms. The molecular weight excluding hydrogens is 356 g/mol. The molecule has 28 heavy (non-hydrogen) atoms. The zero-order valence-corrected chi connectivity index (χ0v) is 16.2. The second kappa shape index (κ2) is 8.69. The summed E-state index contributed by atoms with van der Waals surface area (Å²) in [6.45, 7) is 5.83. The topological polar surface area (TPSA) is 66.9 Å². The van der Waals surface area contributed by atoms with Crippen molar-refractivity contribution in [3.8, 4) is 0 Å². The van der Waals surface area contributed by atoms with Crippen molar-refractivity contribution >= 4 is 23.5 Å². The number of carbonyl (C=O) groups excluding carboxylic acids is 3. The molecule has 0 radical (unpaired) electrons. The van der Waals surface area contributed by atoms with Crippen molar-refractivity contribution in [1.82, 2.24) is 4.90 Å². The van der Waals surface area contributed by atoms with Crippen LogP contribution in [0.15, 0.2) is 48.5 Å². The van der Waals surface area contributed by atoms with E-state index in [1.165, 1.54) is 23.1 Å². The zero-order valence-electron chi connectivity index (χ0n) is 16.2. The molecule has 6 nitrogen and oxygen atoms in total. The first-order valence-electron chi connectivity index (χ1n) is 9.54. The van der Waals surface area contributed by atoms with Crippen molar-refractivity contribution in [2.24, 2.45) is 0 Å². The maximum atomic E-state index is 12.4. The minimum atomic E-state index is -0.498. The van der Waals surface area contributed by atoms with Crippen LogP contribution in [0.2, 0.25) is 0 Å². The number of imide groups is 1. The van der Waals surface area contributed by atoms with Gasteiger partial charge < -0.3 is 9.64 Å². The second-order valence-corrected chi connectivity index (χ2v) is 6.57. The predicted octanol–water partition coefficient (Wildman–Crippen LogP) is 3.38. The molecule has 0 atom stereocenters. The van der Waals surface area contributed by atoms with Crippen LogP contribution < -0.4 is 4.90 Å². The van der Waals surface area contributed by atoms with Gasteiger partial charge in [-0.2, -0.15) is 0 Å². The number of amides is 2. The lowest BCUT2D eigenvalue weighted by Gasteiger charge is -2.24. The standard InChI is InChI=1S/C22H24N2O4/c1-3-12-23(17-8-6-5-7-9-17)13-14-28-22(27)16-10-11-18-19(15-16)21(26)24(4-2)20(18)25/h5-11,15H,3-4,12-14H2,1-2H3. The molecule has 0 aromatic heterocycles. The van der Waals surface area contributed by atoms with E-state index in [1.54, 1.807) is 6.92 Å². The van der Waals surface area contributed by atoms with Gasteiger partial charge in [0.05, 0.1) is 23.2 Å². The summed E-state index contributed by atoms with van der Waals surface area (Å²) in [5, 5.41) is 0. The van der Waals surface area contributed by atoms with Gasteiger partial charge in [0, 0.05) is 18.8 Å². The van der Waals surface area contributed by atoms with Gasteiger partial charge in [0.2, 0.25) is 0 Å². The molecule has 1 aliphatic heterocycles. The van der Waals surface area contributed by atoms with Crippen molar-refractivity contribution in [2.75, 3.05) is 31.1 Å². The number of para-hydroxylation sites is 1. The smallest absolute Gasteiger partial charge is 0.338 e. The van der Waals surface area contributed by atoms with Gasteiger partial charge >= 0.3 is 5.97 Å². The van der Waals surface area contributed by atoms with Crippen LogP contribution in [0.1, 0.15) is 51.3 Å². The maximum absolute atomic E-state index is 12.4. The molecule has 146 valence electrons. The van der Waals surface area contributed by atoms with Gasteiger partial charge in [0.25, 0.3) is 11.8 Å². The average Bonchev–Trinajstić information content (AvgIpc) is 2.97. The first-order valence-corrected chi connectivity index (χ1v) is 9.54. The number of anilines is 1. The number of hydrogen-bond acceptors (Lipinski definition) is 5. The van der Waals surface area contributed by atoms with Gasteiger partial charge in [-0.3, -0.25) is 14.5 Å². The van der Waals surface area contributed by atoms with Crippen LogP contribution in [0.4, 0.5) is 5.69 Å². The summed E-state index contributed by atoms with van der Waals surface area (Å²) in [6, 6.07) is 14.5. The van der Waals surface area contributed by atoms with Gasteiger partial charge in [0.15, 0.2) is 0 Å². The van der Waals surface area contributed by atoms with Crippen molar-refractivity contribution in [3.05, 3.63) is 65.2 Å². The lowest BCUT2D eigenvalue weighted by molar-refractivity contribution is 0.0514. The third-order valence-electron chi connectivity index (χ3n) is 4.73. The second-order valence-electron chi connectivity index (χ2n) is 6.57. The molecule has 0 saturated heterocycles. The van der Waals surface area contributed by atoms with Gasteiger partial charge in [-0.1, -0.05) is 25.1 Å². The van der Waals surface area contributed by atoms with Crippen molar-refractivity contribution in [2.45, 2.75) is 20.3 Å². The maximum Gasteiger partial charge on any atom is 0.338 e. The van der Waals surface area contributed by atoms with Crippen molar-refractivity contribution in [1.29, 1.82) is 0 Å². The summed E-state index contributed by atoms with van der Waals surface area (Å²) in [7, 11) is 0. The van der Waals surface area contributed by atoms with E-state index in [4.69, 9.17) is 4.74 Å². The van der Waals surface area contributed by atoms with E-state index in [0.717, 1.165) is 18.7 Å². The molecule has 0 bridgehead atoms. The fourth-order valence-electron chi connectivity index (χ4n) is 3.32. The van der Waals surface area contributed by atoms with Gasteiger partial charge in [-0.15, -0.1) is 0 Å². The number of ether oxygens (including phenoxy) is 1. The van der Waals surface area contributed by atoms with E-state index in [9.17, 15) is 14.4 Å². The Morgan fingerprint density at radius 1 is 0.964 bits per heavy atom. The highest BCUT2D eigenvalue weighted by Gasteiger charge is 2.34. The highest BCUT2D eigenvalue weighted by atomic mass is 16.5. The fourth-order valence-corrected chi connectivity index (χ4v) is 3.32. The van der Waals surface area contributed by atoms with Crippen LogP contribution >= 0.6 is 0 Å². The summed E-state index contributed by atoms with van der Waals surface area (Å²) in [4.78, 5) is 40.2. The summed E-state index contributed by atoms with van der Waals surface area (Å²) in [6.07, 6.45) is 0.984. The molecule has 6 heteroatoms. The summed E-state index contributed by atoms with van der Waals surface area (Å²) < 4.78 is 5.41. The van der Waals surface area contributed by atoms with Gasteiger partial charge in [-0.25, -0.2) is 4.79 Å². The summed E-state index contributed by atoms with van der Waals surface area (Å²) in [5.41, 5.74) is 1.96. The van der Waals surface area contributed by atoms with Crippen LogP contribution in [0.3, 0.4) is 0 Å². The first-order chi connectivity index (χ1) is 13.6. The Kier molecular flexibility index (Phi) is 6.09. The molecule has 2 aromatic carbocycles. The zero-order chi connectivity index (χ0) is 20.1. The molecule has 0 N–H and O–H groups in total. The monoisotopic (exact) mass is 380 g/mol. The largest absolute Gasteiger partial charge is 0.460 e. The van der Waals surface area contributed by atoms with Crippen LogP contribution in [-0.2, 0) is 4.74 Å². The molecule has 2 aromatic rings. The number of carbonyl (C=O) groups is 3. The number of esters is 1. The number of hydrogen-bond donors (Lipinski definition) is 0. The van der Waals surface area contributed by atoms with E-state index in [2.05, 4.69) is 11.8 Å². The van der Waals surface area contributed by atoms with E-state index in [-0.39, 0.29) is 29.5 Å². The SMILES string of the molecule is CCCN(CCOC(=O)c1ccc2c(c1)C(=O)N(CC)C2=O)c1ccccc1. The van der Waals surface area contributed by atoms with E-state index < -0.39 is 5.97 Å². The van der Waals surface area contributed by atoms with Crippen molar-refractivity contribution in [3.63, 3.8) is 0 Å². The average molecular weight is 380 g/mol. The summed E-state index contributed by atoms with van der Waals surface area (Å²) >= 11 is 0.